The molecule has 1 saturated carbocycles. The molecule has 0 bridgehead atoms. The molecule has 1 saturated heterocycles. The predicted octanol–water partition coefficient (Wildman–Crippen LogP) is 2.79. The number of nitrogens with one attached hydrogen (secondary N) is 1. The van der Waals surface area contributed by atoms with E-state index in [9.17, 15) is 14.0 Å². The van der Waals surface area contributed by atoms with E-state index in [1.54, 1.807) is 25.2 Å². The summed E-state index contributed by atoms with van der Waals surface area (Å²) in [5, 5.41) is 3.10. The third kappa shape index (κ3) is 3.23. The Kier molecular flexibility index (Phi) is 4.64. The van der Waals surface area contributed by atoms with E-state index >= 15 is 0 Å². The highest BCUT2D eigenvalue weighted by Gasteiger charge is 2.40. The number of halogens is 1. The Morgan fingerprint density at radius 2 is 1.91 bits per heavy atom. The molecule has 2 amide bonds. The van der Waals surface area contributed by atoms with Crippen LogP contribution in [0.15, 0.2) is 24.3 Å². The summed E-state index contributed by atoms with van der Waals surface area (Å²) < 4.78 is 14.2. The van der Waals surface area contributed by atoms with Gasteiger partial charge in [0.15, 0.2) is 0 Å². The maximum absolute atomic E-state index is 14.2. The molecule has 2 fully saturated rings. The van der Waals surface area contributed by atoms with Crippen molar-refractivity contribution in [3.8, 4) is 0 Å². The Hall–Kier alpha value is -1.91. The number of carbonyl (C=O) groups is 2. The molecule has 0 aromatic heterocycles. The average molecular weight is 318 g/mol. The zero-order chi connectivity index (χ0) is 16.4. The van der Waals surface area contributed by atoms with E-state index in [2.05, 4.69) is 5.32 Å². The molecule has 1 N–H and O–H groups in total. The predicted molar refractivity (Wildman–Crippen MR) is 85.0 cm³/mol. The van der Waals surface area contributed by atoms with Gasteiger partial charge in [-0.15, -0.1) is 0 Å². The molecule has 2 unspecified atom stereocenters. The van der Waals surface area contributed by atoms with Gasteiger partial charge in [-0.1, -0.05) is 31.0 Å². The van der Waals surface area contributed by atoms with Crippen LogP contribution in [0.25, 0.3) is 0 Å². The van der Waals surface area contributed by atoms with Gasteiger partial charge in [0.05, 0.1) is 12.0 Å². The lowest BCUT2D eigenvalue weighted by Crippen LogP contribution is -2.48. The number of piperidine rings is 1. The Balaban J connectivity index is 1.85. The first-order valence-corrected chi connectivity index (χ1v) is 8.38. The van der Waals surface area contributed by atoms with Crippen molar-refractivity contribution < 1.29 is 14.0 Å². The topological polar surface area (TPSA) is 49.4 Å². The van der Waals surface area contributed by atoms with E-state index in [0.717, 1.165) is 25.7 Å². The zero-order valence-electron chi connectivity index (χ0n) is 13.4. The van der Waals surface area contributed by atoms with Crippen LogP contribution in [-0.2, 0) is 9.59 Å². The van der Waals surface area contributed by atoms with Gasteiger partial charge in [0.2, 0.25) is 11.8 Å². The van der Waals surface area contributed by atoms with E-state index in [0.29, 0.717) is 18.4 Å². The summed E-state index contributed by atoms with van der Waals surface area (Å²) in [5.74, 6) is -0.847. The largest absolute Gasteiger partial charge is 0.353 e. The summed E-state index contributed by atoms with van der Waals surface area (Å²) >= 11 is 0. The van der Waals surface area contributed by atoms with Crippen LogP contribution in [0.5, 0.6) is 0 Å². The first-order chi connectivity index (χ1) is 11.1. The summed E-state index contributed by atoms with van der Waals surface area (Å²) in [5.41, 5.74) is 0.426. The minimum atomic E-state index is -0.529. The summed E-state index contributed by atoms with van der Waals surface area (Å²) in [7, 11) is 1.66. The van der Waals surface area contributed by atoms with Crippen LogP contribution >= 0.6 is 0 Å². The lowest BCUT2D eigenvalue weighted by Gasteiger charge is -2.39. The van der Waals surface area contributed by atoms with E-state index in [1.807, 2.05) is 0 Å². The molecule has 4 nitrogen and oxygen atoms in total. The van der Waals surface area contributed by atoms with Crippen LogP contribution in [0.3, 0.4) is 0 Å². The van der Waals surface area contributed by atoms with Gasteiger partial charge in [-0.25, -0.2) is 4.39 Å². The van der Waals surface area contributed by atoms with Crippen LogP contribution in [0.4, 0.5) is 4.39 Å². The normalized spacial score (nSPS) is 25.7. The molecule has 1 aromatic rings. The molecule has 23 heavy (non-hydrogen) atoms. The maximum atomic E-state index is 14.2. The molecule has 0 radical (unpaired) electrons. The van der Waals surface area contributed by atoms with Crippen molar-refractivity contribution in [2.24, 2.45) is 5.92 Å². The zero-order valence-corrected chi connectivity index (χ0v) is 13.4. The highest BCUT2D eigenvalue weighted by molar-refractivity contribution is 5.85. The molecule has 1 aliphatic carbocycles. The van der Waals surface area contributed by atoms with Crippen molar-refractivity contribution in [1.82, 2.24) is 10.2 Å². The number of rotatable bonds is 3. The van der Waals surface area contributed by atoms with Crippen molar-refractivity contribution in [2.45, 2.75) is 50.6 Å². The molecular formula is C18H23FN2O2. The average Bonchev–Trinajstić information content (AvgIpc) is 3.03. The van der Waals surface area contributed by atoms with Crippen molar-refractivity contribution in [1.29, 1.82) is 0 Å². The Bertz CT molecular complexity index is 598. The van der Waals surface area contributed by atoms with Gasteiger partial charge in [-0.3, -0.25) is 9.59 Å². The van der Waals surface area contributed by atoms with Crippen molar-refractivity contribution >= 4 is 11.8 Å². The molecular weight excluding hydrogens is 295 g/mol. The lowest BCUT2D eigenvalue weighted by molar-refractivity contribution is -0.142. The third-order valence-corrected chi connectivity index (χ3v) is 5.12. The minimum Gasteiger partial charge on any atom is -0.353 e. The fourth-order valence-corrected chi connectivity index (χ4v) is 3.83. The van der Waals surface area contributed by atoms with E-state index < -0.39 is 12.0 Å². The molecule has 1 heterocycles. The SMILES string of the molecule is CN1C(=O)CCC(C(=O)NC2CCCC2)C1c1ccccc1F. The van der Waals surface area contributed by atoms with E-state index in [1.165, 1.54) is 11.0 Å². The molecule has 124 valence electrons. The number of benzene rings is 1. The molecule has 2 atom stereocenters. The third-order valence-electron chi connectivity index (χ3n) is 5.12. The van der Waals surface area contributed by atoms with E-state index in [4.69, 9.17) is 0 Å². The second-order valence-corrected chi connectivity index (χ2v) is 6.61. The first-order valence-electron chi connectivity index (χ1n) is 8.38. The van der Waals surface area contributed by atoms with Crippen LogP contribution in [0.1, 0.15) is 50.1 Å². The van der Waals surface area contributed by atoms with Gasteiger partial charge < -0.3 is 10.2 Å². The second kappa shape index (κ2) is 6.69. The number of likely N-dealkylation sites (tertiary alicyclic amines) is 1. The van der Waals surface area contributed by atoms with Gasteiger partial charge in [0.25, 0.3) is 0 Å². The molecule has 1 aromatic carbocycles. The number of hydrogen-bond acceptors (Lipinski definition) is 2. The van der Waals surface area contributed by atoms with Crippen LogP contribution in [0, 0.1) is 11.7 Å². The molecule has 2 aliphatic rings. The van der Waals surface area contributed by atoms with Crippen molar-refractivity contribution in [3.05, 3.63) is 35.6 Å². The summed E-state index contributed by atoms with van der Waals surface area (Å²) in [4.78, 5) is 26.3. The standard InChI is InChI=1S/C18H23FN2O2/c1-21-16(22)11-10-14(18(23)20-12-6-2-3-7-12)17(21)13-8-4-5-9-15(13)19/h4-5,8-9,12,14,17H,2-3,6-7,10-11H2,1H3,(H,20,23). The molecule has 1 aliphatic heterocycles. The van der Waals surface area contributed by atoms with Gasteiger partial charge in [-0.05, 0) is 25.3 Å². The second-order valence-electron chi connectivity index (χ2n) is 6.61. The monoisotopic (exact) mass is 318 g/mol. The van der Waals surface area contributed by atoms with Crippen molar-refractivity contribution in [3.63, 3.8) is 0 Å². The highest BCUT2D eigenvalue weighted by atomic mass is 19.1. The number of nitrogens with zero attached hydrogens (tertiary/aromatic N) is 1. The number of hydrogen-bond donors (Lipinski definition) is 1. The van der Waals surface area contributed by atoms with Gasteiger partial charge in [-0.2, -0.15) is 0 Å². The number of carbonyl (C=O) groups excluding carboxylic acids is 2. The molecule has 5 heteroatoms. The van der Waals surface area contributed by atoms with Gasteiger partial charge in [0.1, 0.15) is 5.82 Å². The van der Waals surface area contributed by atoms with Crippen LogP contribution < -0.4 is 5.32 Å². The Labute approximate surface area is 136 Å². The summed E-state index contributed by atoms with van der Waals surface area (Å²) in [6.07, 6.45) is 5.12. The minimum absolute atomic E-state index is 0.0387. The van der Waals surface area contributed by atoms with Crippen LogP contribution in [-0.4, -0.2) is 29.8 Å². The summed E-state index contributed by atoms with van der Waals surface area (Å²) in [6.45, 7) is 0. The Morgan fingerprint density at radius 3 is 2.61 bits per heavy atom. The first kappa shape index (κ1) is 16.0. The molecule has 0 spiro atoms. The highest BCUT2D eigenvalue weighted by Crippen LogP contribution is 2.37. The quantitative estimate of drug-likeness (QED) is 0.931. The smallest absolute Gasteiger partial charge is 0.225 e. The Morgan fingerprint density at radius 1 is 1.22 bits per heavy atom. The maximum Gasteiger partial charge on any atom is 0.225 e. The summed E-state index contributed by atoms with van der Waals surface area (Å²) in [6, 6.07) is 6.12. The lowest BCUT2D eigenvalue weighted by atomic mass is 9.83. The van der Waals surface area contributed by atoms with Crippen molar-refractivity contribution in [2.75, 3.05) is 7.05 Å². The van der Waals surface area contributed by atoms with Crippen LogP contribution in [0.2, 0.25) is 0 Å². The fourth-order valence-electron chi connectivity index (χ4n) is 3.83. The number of amides is 2. The van der Waals surface area contributed by atoms with E-state index in [-0.39, 0.29) is 23.7 Å². The van der Waals surface area contributed by atoms with Gasteiger partial charge in [0, 0.05) is 25.1 Å². The fraction of sp³-hybridized carbons (Fsp3) is 0.556. The van der Waals surface area contributed by atoms with Gasteiger partial charge >= 0.3 is 0 Å². The molecule has 3 rings (SSSR count).